The third-order valence-electron chi connectivity index (χ3n) is 2.16. The molecule has 2 rings (SSSR count). The van der Waals surface area contributed by atoms with Crippen LogP contribution in [0, 0.1) is 0 Å². The van der Waals surface area contributed by atoms with Crippen LogP contribution in [0.1, 0.15) is 5.56 Å². The predicted octanol–water partition coefficient (Wildman–Crippen LogP) is 3.71. The quantitative estimate of drug-likeness (QED) is 0.598. The number of methoxy groups -OCH3 is 1. The molecule has 1 N–H and O–H groups in total. The molecule has 1 aromatic rings. The lowest BCUT2D eigenvalue weighted by Gasteiger charge is -2.07. The van der Waals surface area contributed by atoms with Crippen molar-refractivity contribution in [1.82, 2.24) is 5.32 Å². The zero-order valence-electron chi connectivity index (χ0n) is 9.12. The maximum atomic E-state index is 11.5. The lowest BCUT2D eigenvalue weighted by atomic mass is 10.2. The Labute approximate surface area is 131 Å². The standard InChI is InChI=1S/C11H7Br2NO2S2/c1-16-9-6(12)2-5(3-7(9)13)4-8-10(15)14-11(17)18-8/h2-4H,1H3,(H,14,15,17)/b8-4-. The molecule has 0 unspecified atom stereocenters. The average molecular weight is 409 g/mol. The van der Waals surface area contributed by atoms with Gasteiger partial charge in [-0.05, 0) is 55.6 Å². The first-order valence-electron chi connectivity index (χ1n) is 4.79. The summed E-state index contributed by atoms with van der Waals surface area (Å²) in [6, 6.07) is 3.76. The molecule has 1 aromatic carbocycles. The smallest absolute Gasteiger partial charge is 0.263 e. The molecule has 7 heteroatoms. The van der Waals surface area contributed by atoms with Crippen LogP contribution in [0.4, 0.5) is 0 Å². The molecule has 18 heavy (non-hydrogen) atoms. The molecule has 1 aliphatic heterocycles. The number of carbonyl (C=O) groups excluding carboxylic acids is 1. The Bertz CT molecular complexity index is 549. The van der Waals surface area contributed by atoms with E-state index in [1.54, 1.807) is 13.2 Å². The van der Waals surface area contributed by atoms with Crippen molar-refractivity contribution in [2.75, 3.05) is 7.11 Å². The fraction of sp³-hybridized carbons (Fsp3) is 0.0909. The summed E-state index contributed by atoms with van der Waals surface area (Å²) in [7, 11) is 1.60. The van der Waals surface area contributed by atoms with Crippen molar-refractivity contribution in [2.45, 2.75) is 0 Å². The highest BCUT2D eigenvalue weighted by molar-refractivity contribution is 9.11. The molecule has 0 aliphatic carbocycles. The van der Waals surface area contributed by atoms with Crippen molar-refractivity contribution in [1.29, 1.82) is 0 Å². The van der Waals surface area contributed by atoms with Gasteiger partial charge in [0.25, 0.3) is 5.91 Å². The van der Waals surface area contributed by atoms with Gasteiger partial charge in [0.2, 0.25) is 0 Å². The summed E-state index contributed by atoms with van der Waals surface area (Å²) in [4.78, 5) is 12.1. The molecular formula is C11H7Br2NO2S2. The number of rotatable bonds is 2. The molecule has 1 heterocycles. The monoisotopic (exact) mass is 407 g/mol. The summed E-state index contributed by atoms with van der Waals surface area (Å²) < 4.78 is 7.34. The minimum Gasteiger partial charge on any atom is -0.494 e. The lowest BCUT2D eigenvalue weighted by molar-refractivity contribution is -0.115. The normalized spacial score (nSPS) is 17.2. The first-order chi connectivity index (χ1) is 8.51. The molecule has 1 amide bonds. The largest absolute Gasteiger partial charge is 0.494 e. The van der Waals surface area contributed by atoms with E-state index in [1.807, 2.05) is 12.1 Å². The molecule has 0 saturated carbocycles. The van der Waals surface area contributed by atoms with E-state index in [-0.39, 0.29) is 5.91 Å². The maximum Gasteiger partial charge on any atom is 0.263 e. The fourth-order valence-corrected chi connectivity index (χ4v) is 4.02. The second-order valence-electron chi connectivity index (χ2n) is 3.37. The van der Waals surface area contributed by atoms with Crippen LogP contribution in [0.5, 0.6) is 5.75 Å². The van der Waals surface area contributed by atoms with Crippen LogP contribution in [0.2, 0.25) is 0 Å². The molecule has 0 aromatic heterocycles. The molecular weight excluding hydrogens is 402 g/mol. The van der Waals surface area contributed by atoms with E-state index >= 15 is 0 Å². The number of carbonyl (C=O) groups is 1. The molecule has 0 radical (unpaired) electrons. The third-order valence-corrected chi connectivity index (χ3v) is 4.51. The number of amides is 1. The number of thiocarbonyl (C=S) groups is 1. The zero-order valence-corrected chi connectivity index (χ0v) is 13.9. The first-order valence-corrected chi connectivity index (χ1v) is 7.60. The van der Waals surface area contributed by atoms with E-state index in [9.17, 15) is 4.79 Å². The second kappa shape index (κ2) is 5.73. The molecule has 0 spiro atoms. The Balaban J connectivity index is 2.39. The number of hydrogen-bond acceptors (Lipinski definition) is 4. The first kappa shape index (κ1) is 14.0. The van der Waals surface area contributed by atoms with Gasteiger partial charge in [0.05, 0.1) is 21.0 Å². The number of thioether (sulfide) groups is 1. The van der Waals surface area contributed by atoms with Gasteiger partial charge in [-0.25, -0.2) is 0 Å². The van der Waals surface area contributed by atoms with E-state index in [0.717, 1.165) is 20.3 Å². The molecule has 94 valence electrons. The van der Waals surface area contributed by atoms with E-state index in [1.165, 1.54) is 11.8 Å². The Hall–Kier alpha value is -0.370. The summed E-state index contributed by atoms with van der Waals surface area (Å²) in [5, 5.41) is 2.58. The number of nitrogens with one attached hydrogen (secondary N) is 1. The average Bonchev–Trinajstić information content (AvgIpc) is 2.57. The Morgan fingerprint density at radius 2 is 2.00 bits per heavy atom. The number of hydrogen-bond donors (Lipinski definition) is 1. The second-order valence-corrected chi connectivity index (χ2v) is 6.80. The Morgan fingerprint density at radius 1 is 1.39 bits per heavy atom. The highest BCUT2D eigenvalue weighted by Crippen LogP contribution is 2.36. The Morgan fingerprint density at radius 3 is 2.44 bits per heavy atom. The van der Waals surface area contributed by atoms with Gasteiger partial charge in [0.15, 0.2) is 0 Å². The molecule has 0 atom stereocenters. The van der Waals surface area contributed by atoms with Crippen molar-refractivity contribution in [2.24, 2.45) is 0 Å². The van der Waals surface area contributed by atoms with E-state index in [0.29, 0.717) is 9.23 Å². The summed E-state index contributed by atoms with van der Waals surface area (Å²) in [6.07, 6.45) is 1.79. The van der Waals surface area contributed by atoms with Gasteiger partial charge < -0.3 is 10.1 Å². The van der Waals surface area contributed by atoms with Crippen molar-refractivity contribution in [3.63, 3.8) is 0 Å². The minimum atomic E-state index is -0.159. The number of ether oxygens (including phenoxy) is 1. The van der Waals surface area contributed by atoms with Crippen LogP contribution in [-0.4, -0.2) is 17.3 Å². The molecule has 1 aliphatic rings. The van der Waals surface area contributed by atoms with Crippen LogP contribution in [-0.2, 0) is 4.79 Å². The van der Waals surface area contributed by atoms with E-state index in [4.69, 9.17) is 17.0 Å². The van der Waals surface area contributed by atoms with Crippen molar-refractivity contribution in [3.05, 3.63) is 31.5 Å². The van der Waals surface area contributed by atoms with Gasteiger partial charge in [-0.15, -0.1) is 0 Å². The fourth-order valence-electron chi connectivity index (χ4n) is 1.43. The van der Waals surface area contributed by atoms with Crippen molar-refractivity contribution >= 4 is 72.1 Å². The van der Waals surface area contributed by atoms with Gasteiger partial charge >= 0.3 is 0 Å². The van der Waals surface area contributed by atoms with Gasteiger partial charge in [0, 0.05) is 0 Å². The van der Waals surface area contributed by atoms with E-state index in [2.05, 4.69) is 37.2 Å². The predicted molar refractivity (Wildman–Crippen MR) is 84.7 cm³/mol. The Kier molecular flexibility index (Phi) is 4.47. The van der Waals surface area contributed by atoms with Gasteiger partial charge in [-0.2, -0.15) is 0 Å². The lowest BCUT2D eigenvalue weighted by Crippen LogP contribution is -2.17. The van der Waals surface area contributed by atoms with Crippen molar-refractivity contribution in [3.8, 4) is 5.75 Å². The van der Waals surface area contributed by atoms with Crippen LogP contribution in [0.25, 0.3) is 6.08 Å². The van der Waals surface area contributed by atoms with Crippen LogP contribution < -0.4 is 10.1 Å². The zero-order chi connectivity index (χ0) is 13.3. The number of halogens is 2. The summed E-state index contributed by atoms with van der Waals surface area (Å²) in [5.41, 5.74) is 0.886. The topological polar surface area (TPSA) is 38.3 Å². The summed E-state index contributed by atoms with van der Waals surface area (Å²) in [5.74, 6) is 0.560. The molecule has 0 bridgehead atoms. The van der Waals surface area contributed by atoms with Gasteiger partial charge in [0.1, 0.15) is 10.1 Å². The SMILES string of the molecule is COc1c(Br)cc(/C=C2\SC(=S)NC2=O)cc1Br. The van der Waals surface area contributed by atoms with Crippen molar-refractivity contribution < 1.29 is 9.53 Å². The van der Waals surface area contributed by atoms with Crippen LogP contribution >= 0.6 is 55.8 Å². The molecule has 3 nitrogen and oxygen atoms in total. The van der Waals surface area contributed by atoms with Gasteiger partial charge in [-0.3, -0.25) is 4.79 Å². The number of benzene rings is 1. The van der Waals surface area contributed by atoms with E-state index < -0.39 is 0 Å². The summed E-state index contributed by atoms with van der Waals surface area (Å²) >= 11 is 13.0. The van der Waals surface area contributed by atoms with Gasteiger partial charge in [-0.1, -0.05) is 24.0 Å². The highest BCUT2D eigenvalue weighted by Gasteiger charge is 2.22. The molecule has 1 fully saturated rings. The summed E-state index contributed by atoms with van der Waals surface area (Å²) in [6.45, 7) is 0. The van der Waals surface area contributed by atoms with Crippen LogP contribution in [0.15, 0.2) is 26.0 Å². The van der Waals surface area contributed by atoms with Crippen LogP contribution in [0.3, 0.4) is 0 Å². The third kappa shape index (κ3) is 2.96. The maximum absolute atomic E-state index is 11.5. The minimum absolute atomic E-state index is 0.159. The molecule has 1 saturated heterocycles. The highest BCUT2D eigenvalue weighted by atomic mass is 79.9.